The Kier molecular flexibility index (Phi) is 16.6. The van der Waals surface area contributed by atoms with Crippen LogP contribution >= 0.6 is 0 Å². The van der Waals surface area contributed by atoms with Crippen molar-refractivity contribution in [3.8, 4) is 0 Å². The first-order chi connectivity index (χ1) is 23.3. The smallest absolute Gasteiger partial charge is 0.310 e. The number of nitrogens with one attached hydrogen (secondary N) is 1. The summed E-state index contributed by atoms with van der Waals surface area (Å²) in [5, 5.41) is 14.4. The maximum atomic E-state index is 13.4. The zero-order valence-corrected chi connectivity index (χ0v) is 32.3. The molecule has 48 heavy (non-hydrogen) atoms. The minimum Gasteiger partial charge on any atom is -0.481 e. The highest BCUT2D eigenvalue weighted by Crippen LogP contribution is 2.68. The summed E-state index contributed by atoms with van der Waals surface area (Å²) in [6, 6.07) is 0.253. The fourth-order valence-corrected chi connectivity index (χ4v) is 12.5. The Labute approximate surface area is 297 Å². The lowest BCUT2D eigenvalue weighted by molar-refractivity contribution is -0.179. The lowest BCUT2D eigenvalue weighted by Gasteiger charge is -2.60. The minimum atomic E-state index is -0.488. The van der Waals surface area contributed by atoms with Crippen LogP contribution in [-0.4, -0.2) is 23.0 Å². The molecule has 278 valence electrons. The molecule has 4 saturated carbocycles. The average molecular weight is 670 g/mol. The maximum absolute atomic E-state index is 13.4. The third-order valence-corrected chi connectivity index (χ3v) is 14.8. The van der Waals surface area contributed by atoms with Crippen LogP contribution in [0.1, 0.15) is 214 Å². The van der Waals surface area contributed by atoms with E-state index in [9.17, 15) is 14.7 Å². The van der Waals surface area contributed by atoms with Crippen LogP contribution in [-0.2, 0) is 9.59 Å². The van der Waals surface area contributed by atoms with Gasteiger partial charge in [-0.2, -0.15) is 0 Å². The van der Waals surface area contributed by atoms with Gasteiger partial charge in [0.05, 0.1) is 5.41 Å². The van der Waals surface area contributed by atoms with Gasteiger partial charge in [0.2, 0.25) is 5.91 Å². The molecule has 0 aromatic heterocycles. The third-order valence-electron chi connectivity index (χ3n) is 14.8. The number of aliphatic carboxylic acids is 1. The standard InChI is InChI=1S/C44H79NO3/c1-5-7-8-9-10-11-12-13-14-15-16-17-18-19-20-21-22-27-40(46)45-39-33-38-36-29-28-35-26-23-24-31-44(35,42(47)48)37(36)30-32-43(38,4)41(39)34(3)25-6-2/h34-39,41H,5-33H2,1-4H3,(H,45,46)(H,47,48)/t34-,35?,36-,37+,38+,39?,41+,43+,44-/m1/s1. The maximum Gasteiger partial charge on any atom is 0.310 e. The molecular weight excluding hydrogens is 590 g/mol. The second kappa shape index (κ2) is 20.1. The third kappa shape index (κ3) is 9.83. The van der Waals surface area contributed by atoms with E-state index in [1.165, 1.54) is 128 Å². The van der Waals surface area contributed by atoms with E-state index in [2.05, 4.69) is 33.0 Å². The molecule has 2 N–H and O–H groups in total. The predicted molar refractivity (Wildman–Crippen MR) is 202 cm³/mol. The number of hydrogen-bond donors (Lipinski definition) is 2. The van der Waals surface area contributed by atoms with E-state index in [1.807, 2.05) is 0 Å². The van der Waals surface area contributed by atoms with Crippen LogP contribution in [0.15, 0.2) is 0 Å². The fraction of sp³-hybridized carbons (Fsp3) is 0.955. The molecule has 4 fully saturated rings. The first kappa shape index (κ1) is 39.7. The van der Waals surface area contributed by atoms with Crippen molar-refractivity contribution in [3.05, 3.63) is 0 Å². The second-order valence-electron chi connectivity index (χ2n) is 17.9. The van der Waals surface area contributed by atoms with E-state index in [0.717, 1.165) is 51.4 Å². The molecule has 4 aliphatic rings. The van der Waals surface area contributed by atoms with E-state index >= 15 is 0 Å². The van der Waals surface area contributed by atoms with Gasteiger partial charge in [-0.25, -0.2) is 0 Å². The van der Waals surface area contributed by atoms with Crippen molar-refractivity contribution in [1.82, 2.24) is 5.32 Å². The molecule has 0 aromatic rings. The van der Waals surface area contributed by atoms with Gasteiger partial charge in [0.1, 0.15) is 0 Å². The number of rotatable bonds is 23. The number of amides is 1. The average Bonchev–Trinajstić information content (AvgIpc) is 3.37. The molecule has 4 heteroatoms. The molecule has 4 nitrogen and oxygen atoms in total. The van der Waals surface area contributed by atoms with Crippen LogP contribution in [0.25, 0.3) is 0 Å². The van der Waals surface area contributed by atoms with Crippen LogP contribution in [0, 0.1) is 46.3 Å². The highest BCUT2D eigenvalue weighted by molar-refractivity contribution is 5.77. The summed E-state index contributed by atoms with van der Waals surface area (Å²) in [7, 11) is 0. The molecule has 4 aliphatic carbocycles. The number of fused-ring (bicyclic) bond motifs is 5. The van der Waals surface area contributed by atoms with Crippen molar-refractivity contribution in [2.45, 2.75) is 220 Å². The Morgan fingerprint density at radius 1 is 0.708 bits per heavy atom. The molecule has 0 spiro atoms. The van der Waals surface area contributed by atoms with Crippen LogP contribution < -0.4 is 5.32 Å². The van der Waals surface area contributed by atoms with Gasteiger partial charge in [-0.1, -0.05) is 156 Å². The van der Waals surface area contributed by atoms with Crippen molar-refractivity contribution in [2.75, 3.05) is 0 Å². The summed E-state index contributed by atoms with van der Waals surface area (Å²) in [5.41, 5.74) is -0.274. The molecule has 0 radical (unpaired) electrons. The van der Waals surface area contributed by atoms with Gasteiger partial charge in [-0.3, -0.25) is 9.59 Å². The number of unbranched alkanes of at least 4 members (excludes halogenated alkanes) is 16. The van der Waals surface area contributed by atoms with Crippen LogP contribution in [0.4, 0.5) is 0 Å². The summed E-state index contributed by atoms with van der Waals surface area (Å²) in [4.78, 5) is 26.5. The van der Waals surface area contributed by atoms with Crippen molar-refractivity contribution < 1.29 is 14.7 Å². The lowest BCUT2D eigenvalue weighted by Crippen LogP contribution is -2.57. The lowest BCUT2D eigenvalue weighted by atomic mass is 9.44. The topological polar surface area (TPSA) is 66.4 Å². The molecule has 2 unspecified atom stereocenters. The summed E-state index contributed by atoms with van der Waals surface area (Å²) in [6.45, 7) is 9.59. The van der Waals surface area contributed by atoms with Crippen LogP contribution in [0.5, 0.6) is 0 Å². The van der Waals surface area contributed by atoms with Gasteiger partial charge < -0.3 is 10.4 Å². The Morgan fingerprint density at radius 2 is 1.29 bits per heavy atom. The van der Waals surface area contributed by atoms with E-state index in [0.29, 0.717) is 41.9 Å². The Balaban J connectivity index is 1.17. The van der Waals surface area contributed by atoms with E-state index in [-0.39, 0.29) is 17.4 Å². The van der Waals surface area contributed by atoms with Gasteiger partial charge >= 0.3 is 5.97 Å². The number of carboxylic acid groups (broad SMARTS) is 1. The van der Waals surface area contributed by atoms with Gasteiger partial charge in [0.25, 0.3) is 0 Å². The first-order valence-corrected chi connectivity index (χ1v) is 21.8. The molecule has 0 aliphatic heterocycles. The molecule has 1 amide bonds. The van der Waals surface area contributed by atoms with Crippen molar-refractivity contribution in [2.24, 2.45) is 46.3 Å². The molecule has 9 atom stereocenters. The van der Waals surface area contributed by atoms with Gasteiger partial charge in [0, 0.05) is 12.5 Å². The molecular formula is C44H79NO3. The van der Waals surface area contributed by atoms with Gasteiger partial charge in [0.15, 0.2) is 0 Å². The summed E-state index contributed by atoms with van der Waals surface area (Å²) in [5.74, 6) is 2.65. The number of hydrogen-bond acceptors (Lipinski definition) is 2. The quantitative estimate of drug-likeness (QED) is 0.106. The first-order valence-electron chi connectivity index (χ1n) is 21.8. The summed E-state index contributed by atoms with van der Waals surface area (Å²) in [6.07, 6.45) is 36.1. The summed E-state index contributed by atoms with van der Waals surface area (Å²) >= 11 is 0. The van der Waals surface area contributed by atoms with Crippen LogP contribution in [0.3, 0.4) is 0 Å². The number of carboxylic acids is 1. The molecule has 4 rings (SSSR count). The van der Waals surface area contributed by atoms with E-state index in [4.69, 9.17) is 0 Å². The monoisotopic (exact) mass is 670 g/mol. The fourth-order valence-electron chi connectivity index (χ4n) is 12.5. The zero-order chi connectivity index (χ0) is 34.4. The summed E-state index contributed by atoms with van der Waals surface area (Å²) < 4.78 is 0. The largest absolute Gasteiger partial charge is 0.481 e. The molecule has 0 aromatic carbocycles. The predicted octanol–water partition coefficient (Wildman–Crippen LogP) is 12.7. The van der Waals surface area contributed by atoms with Gasteiger partial charge in [-0.15, -0.1) is 0 Å². The number of carbonyl (C=O) groups is 2. The zero-order valence-electron chi connectivity index (χ0n) is 32.3. The molecule has 0 heterocycles. The van der Waals surface area contributed by atoms with Crippen LogP contribution in [0.2, 0.25) is 0 Å². The van der Waals surface area contributed by atoms with Crippen molar-refractivity contribution in [1.29, 1.82) is 0 Å². The minimum absolute atomic E-state index is 0.211. The van der Waals surface area contributed by atoms with E-state index < -0.39 is 11.4 Å². The van der Waals surface area contributed by atoms with Crippen molar-refractivity contribution in [3.63, 3.8) is 0 Å². The number of carbonyl (C=O) groups excluding carboxylic acids is 1. The Bertz CT molecular complexity index is 949. The van der Waals surface area contributed by atoms with Gasteiger partial charge in [-0.05, 0) is 92.3 Å². The molecule has 0 saturated heterocycles. The highest BCUT2D eigenvalue weighted by atomic mass is 16.4. The second-order valence-corrected chi connectivity index (χ2v) is 17.9. The van der Waals surface area contributed by atoms with Crippen molar-refractivity contribution >= 4 is 11.9 Å². The normalized spacial score (nSPS) is 33.4. The Morgan fingerprint density at radius 3 is 1.85 bits per heavy atom. The Hall–Kier alpha value is -1.06. The SMILES string of the molecule is CCCCCCCCCCCCCCCCCCCC(=O)NC1C[C@H]2[C@@H]3CCC4CCCC[C@]4(C(=O)O)[C@H]3CC[C@]2(C)[C@H]1[C@H](C)CCC. The van der Waals surface area contributed by atoms with E-state index in [1.54, 1.807) is 0 Å². The highest BCUT2D eigenvalue weighted by Gasteiger charge is 2.65. The molecule has 0 bridgehead atoms.